The van der Waals surface area contributed by atoms with E-state index in [0.29, 0.717) is 13.1 Å². The smallest absolute Gasteiger partial charge is 0.227 e. The van der Waals surface area contributed by atoms with Crippen molar-refractivity contribution in [2.45, 2.75) is 33.2 Å². The van der Waals surface area contributed by atoms with Crippen molar-refractivity contribution in [3.05, 3.63) is 23.8 Å². The number of carbonyl (C=O) groups excluding carboxylic acids is 1. The van der Waals surface area contributed by atoms with Gasteiger partial charge in [-0.3, -0.25) is 4.79 Å². The summed E-state index contributed by atoms with van der Waals surface area (Å²) in [5.74, 6) is 1.44. The third-order valence-electron chi connectivity index (χ3n) is 4.15. The number of nitrogens with two attached hydrogens (primary N) is 1. The zero-order valence-corrected chi connectivity index (χ0v) is 13.4. The molecule has 0 spiro atoms. The van der Waals surface area contributed by atoms with Crippen molar-refractivity contribution in [1.82, 2.24) is 5.32 Å². The van der Waals surface area contributed by atoms with Crippen LogP contribution in [0, 0.1) is 5.41 Å². The largest absolute Gasteiger partial charge is 0.497 e. The number of amides is 1. The second-order valence-corrected chi connectivity index (χ2v) is 5.05. The molecule has 0 saturated heterocycles. The summed E-state index contributed by atoms with van der Waals surface area (Å²) in [5.41, 5.74) is 6.18. The van der Waals surface area contributed by atoms with Gasteiger partial charge in [0.1, 0.15) is 11.5 Å². The summed E-state index contributed by atoms with van der Waals surface area (Å²) in [4.78, 5) is 12.4. The van der Waals surface area contributed by atoms with Gasteiger partial charge in [0.15, 0.2) is 0 Å². The maximum Gasteiger partial charge on any atom is 0.227 e. The van der Waals surface area contributed by atoms with E-state index in [4.69, 9.17) is 15.2 Å². The predicted octanol–water partition coefficient (Wildman–Crippen LogP) is 2.09. The van der Waals surface area contributed by atoms with Gasteiger partial charge < -0.3 is 20.5 Å². The highest BCUT2D eigenvalue weighted by molar-refractivity contribution is 5.82. The molecule has 0 saturated carbocycles. The Kier molecular flexibility index (Phi) is 6.49. The number of rotatable bonds is 8. The molecule has 21 heavy (non-hydrogen) atoms. The average Bonchev–Trinajstić information content (AvgIpc) is 2.54. The first-order valence-corrected chi connectivity index (χ1v) is 7.26. The van der Waals surface area contributed by atoms with Crippen LogP contribution in [0.15, 0.2) is 18.2 Å². The van der Waals surface area contributed by atoms with Gasteiger partial charge in [-0.25, -0.2) is 0 Å². The normalized spacial score (nSPS) is 11.1. The predicted molar refractivity (Wildman–Crippen MR) is 83.5 cm³/mol. The number of hydrogen-bond donors (Lipinski definition) is 2. The van der Waals surface area contributed by atoms with Crippen LogP contribution < -0.4 is 20.5 Å². The zero-order valence-electron chi connectivity index (χ0n) is 13.4. The third kappa shape index (κ3) is 3.88. The Morgan fingerprint density at radius 2 is 1.90 bits per heavy atom. The van der Waals surface area contributed by atoms with Gasteiger partial charge in [-0.1, -0.05) is 13.8 Å². The fourth-order valence-corrected chi connectivity index (χ4v) is 2.34. The first-order valence-electron chi connectivity index (χ1n) is 7.26. The highest BCUT2D eigenvalue weighted by Crippen LogP contribution is 2.27. The minimum atomic E-state index is -0.494. The van der Waals surface area contributed by atoms with Gasteiger partial charge in [-0.2, -0.15) is 0 Å². The number of methoxy groups -OCH3 is 2. The van der Waals surface area contributed by atoms with Gasteiger partial charge in [0.2, 0.25) is 5.91 Å². The topological polar surface area (TPSA) is 73.6 Å². The molecule has 0 radical (unpaired) electrons. The summed E-state index contributed by atoms with van der Waals surface area (Å²) < 4.78 is 10.5. The summed E-state index contributed by atoms with van der Waals surface area (Å²) in [6.45, 7) is 4.71. The summed E-state index contributed by atoms with van der Waals surface area (Å²) >= 11 is 0. The molecular weight excluding hydrogens is 268 g/mol. The number of nitrogens with one attached hydrogen (secondary N) is 1. The molecular formula is C16H26N2O3. The lowest BCUT2D eigenvalue weighted by Gasteiger charge is -2.28. The molecule has 0 aliphatic heterocycles. The molecule has 1 rings (SSSR count). The van der Waals surface area contributed by atoms with Crippen LogP contribution in [-0.4, -0.2) is 26.7 Å². The maximum atomic E-state index is 12.4. The lowest BCUT2D eigenvalue weighted by Crippen LogP contribution is -2.45. The molecule has 0 atom stereocenters. The fraction of sp³-hybridized carbons (Fsp3) is 0.562. The summed E-state index contributed by atoms with van der Waals surface area (Å²) in [6.07, 6.45) is 1.45. The zero-order chi connectivity index (χ0) is 15.9. The molecule has 1 aromatic rings. The molecule has 0 aliphatic rings. The lowest BCUT2D eigenvalue weighted by molar-refractivity contribution is -0.131. The van der Waals surface area contributed by atoms with Gasteiger partial charge in [0.05, 0.1) is 19.6 Å². The van der Waals surface area contributed by atoms with Crippen LogP contribution in [0.3, 0.4) is 0 Å². The van der Waals surface area contributed by atoms with Gasteiger partial charge in [0, 0.05) is 18.7 Å². The van der Waals surface area contributed by atoms with Crippen LogP contribution in [0.5, 0.6) is 11.5 Å². The minimum Gasteiger partial charge on any atom is -0.497 e. The van der Waals surface area contributed by atoms with E-state index in [1.165, 1.54) is 0 Å². The molecule has 5 heteroatoms. The molecule has 0 bridgehead atoms. The number of hydrogen-bond acceptors (Lipinski definition) is 4. The Hall–Kier alpha value is -1.75. The quantitative estimate of drug-likeness (QED) is 0.770. The lowest BCUT2D eigenvalue weighted by atomic mass is 9.81. The fourth-order valence-electron chi connectivity index (χ4n) is 2.34. The van der Waals surface area contributed by atoms with Crippen molar-refractivity contribution in [3.63, 3.8) is 0 Å². The number of benzene rings is 1. The molecule has 3 N–H and O–H groups in total. The van der Waals surface area contributed by atoms with Crippen LogP contribution in [0.25, 0.3) is 0 Å². The van der Waals surface area contributed by atoms with Crippen molar-refractivity contribution in [3.8, 4) is 11.5 Å². The SMILES string of the molecule is CCC(CC)(CN)C(=O)NCc1cc(OC)ccc1OC. The van der Waals surface area contributed by atoms with Gasteiger partial charge in [0.25, 0.3) is 0 Å². The molecule has 0 unspecified atom stereocenters. The molecule has 0 aliphatic carbocycles. The molecule has 1 aromatic carbocycles. The first-order chi connectivity index (χ1) is 10.1. The Morgan fingerprint density at radius 3 is 2.38 bits per heavy atom. The monoisotopic (exact) mass is 294 g/mol. The number of ether oxygens (including phenoxy) is 2. The Balaban J connectivity index is 2.85. The summed E-state index contributed by atoms with van der Waals surface area (Å²) in [7, 11) is 3.22. The van der Waals surface area contributed by atoms with E-state index >= 15 is 0 Å². The average molecular weight is 294 g/mol. The Bertz CT molecular complexity index is 462. The molecule has 0 heterocycles. The van der Waals surface area contributed by atoms with Gasteiger partial charge >= 0.3 is 0 Å². The molecule has 5 nitrogen and oxygen atoms in total. The van der Waals surface area contributed by atoms with Gasteiger partial charge in [-0.05, 0) is 31.0 Å². The molecule has 1 amide bonds. The van der Waals surface area contributed by atoms with Crippen molar-refractivity contribution < 1.29 is 14.3 Å². The van der Waals surface area contributed by atoms with Crippen molar-refractivity contribution in [2.75, 3.05) is 20.8 Å². The van der Waals surface area contributed by atoms with E-state index in [2.05, 4.69) is 5.32 Å². The van der Waals surface area contributed by atoms with E-state index in [-0.39, 0.29) is 5.91 Å². The van der Waals surface area contributed by atoms with Gasteiger partial charge in [-0.15, -0.1) is 0 Å². The second kappa shape index (κ2) is 7.88. The van der Waals surface area contributed by atoms with Crippen molar-refractivity contribution in [1.29, 1.82) is 0 Å². The second-order valence-electron chi connectivity index (χ2n) is 5.05. The minimum absolute atomic E-state index is 0.0140. The Morgan fingerprint density at radius 1 is 1.24 bits per heavy atom. The first kappa shape index (κ1) is 17.3. The molecule has 0 aromatic heterocycles. The van der Waals surface area contributed by atoms with E-state index in [9.17, 15) is 4.79 Å². The maximum absolute atomic E-state index is 12.4. The van der Waals surface area contributed by atoms with E-state index in [0.717, 1.165) is 29.9 Å². The van der Waals surface area contributed by atoms with Crippen LogP contribution in [0.4, 0.5) is 0 Å². The van der Waals surface area contributed by atoms with Crippen LogP contribution in [0.1, 0.15) is 32.3 Å². The highest BCUT2D eigenvalue weighted by atomic mass is 16.5. The van der Waals surface area contributed by atoms with Crippen LogP contribution in [-0.2, 0) is 11.3 Å². The molecule has 0 fully saturated rings. The summed E-state index contributed by atoms with van der Waals surface area (Å²) in [5, 5.41) is 2.96. The summed E-state index contributed by atoms with van der Waals surface area (Å²) in [6, 6.07) is 5.52. The van der Waals surface area contributed by atoms with E-state index in [1.54, 1.807) is 14.2 Å². The highest BCUT2D eigenvalue weighted by Gasteiger charge is 2.33. The Labute approximate surface area is 126 Å². The van der Waals surface area contributed by atoms with Crippen LogP contribution >= 0.6 is 0 Å². The molecule has 118 valence electrons. The third-order valence-corrected chi connectivity index (χ3v) is 4.15. The standard InChI is InChI=1S/C16H26N2O3/c1-5-16(6-2,11-17)15(19)18-10-12-9-13(20-3)7-8-14(12)21-4/h7-9H,5-6,10-11,17H2,1-4H3,(H,18,19). The van der Waals surface area contributed by atoms with Crippen molar-refractivity contribution in [2.24, 2.45) is 11.1 Å². The van der Waals surface area contributed by atoms with E-state index in [1.807, 2.05) is 32.0 Å². The van der Waals surface area contributed by atoms with E-state index < -0.39 is 5.41 Å². The number of carbonyl (C=O) groups is 1. The van der Waals surface area contributed by atoms with Crippen molar-refractivity contribution >= 4 is 5.91 Å². The van der Waals surface area contributed by atoms with Crippen LogP contribution in [0.2, 0.25) is 0 Å².